The van der Waals surface area contributed by atoms with Crippen LogP contribution in [0.2, 0.25) is 0 Å². The highest BCUT2D eigenvalue weighted by atomic mass is 16.5. The molecule has 4 aliphatic rings. The molecule has 0 bridgehead atoms. The minimum atomic E-state index is -0.834. The van der Waals surface area contributed by atoms with Gasteiger partial charge in [0.25, 0.3) is 23.6 Å². The number of amides is 4. The van der Waals surface area contributed by atoms with Gasteiger partial charge in [0.15, 0.2) is 0 Å². The van der Waals surface area contributed by atoms with Gasteiger partial charge in [-0.15, -0.1) is 10.2 Å². The van der Waals surface area contributed by atoms with Crippen LogP contribution in [0.25, 0.3) is 0 Å². The fourth-order valence-corrected chi connectivity index (χ4v) is 8.29. The monoisotopic (exact) mass is 842 g/mol. The summed E-state index contributed by atoms with van der Waals surface area (Å²) in [6.07, 6.45) is 12.8. The number of aromatic nitrogens is 10. The number of benzene rings is 2. The van der Waals surface area contributed by atoms with Crippen LogP contribution < -0.4 is 29.9 Å². The SMILES string of the molecule is CN1C(=O)[C@@H](NC(=O)c2nc3n(n2)[C@@H](c2cnn(C)c2)CCC3)COc2ccccc21.CN1C(=O)[C@@H](NC(=O)c2nc3n(n2)[C@H](c2cnn(C)c2)CCC3)COc2ccccc21. The number of hydrogen-bond donors (Lipinski definition) is 2. The number of nitrogens with one attached hydrogen (secondary N) is 2. The number of hydrogen-bond acceptors (Lipinski definition) is 12. The lowest BCUT2D eigenvalue weighted by molar-refractivity contribution is -0.121. The van der Waals surface area contributed by atoms with Crippen LogP contribution >= 0.6 is 0 Å². The number of para-hydroxylation sites is 4. The van der Waals surface area contributed by atoms with E-state index in [9.17, 15) is 19.2 Å². The minimum Gasteiger partial charge on any atom is -0.489 e. The van der Waals surface area contributed by atoms with Gasteiger partial charge >= 0.3 is 0 Å². The molecule has 4 atom stereocenters. The second-order valence-electron chi connectivity index (χ2n) is 15.7. The van der Waals surface area contributed by atoms with E-state index < -0.39 is 23.9 Å². The van der Waals surface area contributed by atoms with Crippen LogP contribution in [-0.2, 0) is 36.5 Å². The molecule has 0 unspecified atom stereocenters. The van der Waals surface area contributed by atoms with Gasteiger partial charge in [0.1, 0.15) is 48.4 Å². The van der Waals surface area contributed by atoms with Gasteiger partial charge in [0.05, 0.1) is 35.9 Å². The predicted octanol–water partition coefficient (Wildman–Crippen LogP) is 2.18. The summed E-state index contributed by atoms with van der Waals surface area (Å²) in [4.78, 5) is 63.5. The molecule has 2 aromatic carbocycles. The van der Waals surface area contributed by atoms with Crippen LogP contribution in [0.15, 0.2) is 73.3 Å². The van der Waals surface area contributed by atoms with Gasteiger partial charge in [-0.3, -0.25) is 28.5 Å². The highest BCUT2D eigenvalue weighted by Gasteiger charge is 2.35. The molecule has 4 aromatic heterocycles. The average molecular weight is 843 g/mol. The number of likely N-dealkylation sites (N-methyl/N-ethyl adjacent to an activating group) is 2. The molecule has 4 aliphatic heterocycles. The van der Waals surface area contributed by atoms with Gasteiger partial charge < -0.3 is 29.9 Å². The van der Waals surface area contributed by atoms with Crippen LogP contribution in [0.1, 0.15) is 81.8 Å². The number of fused-ring (bicyclic) bond motifs is 4. The van der Waals surface area contributed by atoms with E-state index >= 15 is 0 Å². The number of rotatable bonds is 6. The summed E-state index contributed by atoms with van der Waals surface area (Å²) in [5.74, 6) is 1.35. The van der Waals surface area contributed by atoms with E-state index in [-0.39, 0.29) is 48.8 Å². The third-order valence-corrected chi connectivity index (χ3v) is 11.5. The highest BCUT2D eigenvalue weighted by Crippen LogP contribution is 2.33. The number of anilines is 2. The van der Waals surface area contributed by atoms with E-state index in [1.165, 1.54) is 9.80 Å². The van der Waals surface area contributed by atoms with Crippen molar-refractivity contribution in [3.63, 3.8) is 0 Å². The molecular formula is C42H46N14O6. The Bertz CT molecular complexity index is 2480. The first-order chi connectivity index (χ1) is 30.0. The zero-order valence-corrected chi connectivity index (χ0v) is 34.7. The zero-order chi connectivity index (χ0) is 43.1. The third-order valence-electron chi connectivity index (χ3n) is 11.5. The summed E-state index contributed by atoms with van der Waals surface area (Å²) in [7, 11) is 7.07. The molecule has 0 aliphatic carbocycles. The van der Waals surface area contributed by atoms with Gasteiger partial charge in [-0.2, -0.15) is 10.2 Å². The molecule has 320 valence electrons. The van der Waals surface area contributed by atoms with E-state index in [2.05, 4.69) is 41.0 Å². The van der Waals surface area contributed by atoms with Gasteiger partial charge in [-0.05, 0) is 49.9 Å². The zero-order valence-electron chi connectivity index (χ0n) is 34.7. The fraction of sp³-hybridized carbons (Fsp3) is 0.381. The van der Waals surface area contributed by atoms with E-state index in [0.717, 1.165) is 61.3 Å². The van der Waals surface area contributed by atoms with Crippen LogP contribution in [0.4, 0.5) is 11.4 Å². The first-order valence-corrected chi connectivity index (χ1v) is 20.5. The molecular weight excluding hydrogens is 797 g/mol. The Hall–Kier alpha value is -7.38. The molecule has 0 saturated carbocycles. The van der Waals surface area contributed by atoms with Gasteiger partial charge in [0.2, 0.25) is 11.6 Å². The van der Waals surface area contributed by atoms with Crippen molar-refractivity contribution in [1.29, 1.82) is 0 Å². The second kappa shape index (κ2) is 16.6. The quantitative estimate of drug-likeness (QED) is 0.247. The standard InChI is InChI=1S/2C21H23N7O3/c2*1-26-11-13(10-22-26)15-7-5-9-18-24-19(25-28(15)18)20(29)23-14-12-31-17-8-4-3-6-16(17)27(2)21(14)30/h2*3-4,6,8,10-11,14-15H,5,7,9,12H2,1-2H3,(H,23,29)/t14-,15+;14-,15-/m00/s1. The molecule has 20 heteroatoms. The molecule has 62 heavy (non-hydrogen) atoms. The van der Waals surface area contributed by atoms with E-state index in [1.807, 2.05) is 72.5 Å². The summed E-state index contributed by atoms with van der Waals surface area (Å²) in [5.41, 5.74) is 3.40. The second-order valence-corrected chi connectivity index (χ2v) is 15.7. The van der Waals surface area contributed by atoms with Crippen molar-refractivity contribution in [3.8, 4) is 11.5 Å². The first-order valence-electron chi connectivity index (χ1n) is 20.5. The fourth-order valence-electron chi connectivity index (χ4n) is 8.29. The van der Waals surface area contributed by atoms with Crippen LogP contribution in [0.5, 0.6) is 11.5 Å². The van der Waals surface area contributed by atoms with E-state index in [1.54, 1.807) is 47.7 Å². The Morgan fingerprint density at radius 1 is 0.629 bits per heavy atom. The maximum absolute atomic E-state index is 12.9. The Morgan fingerprint density at radius 3 is 1.45 bits per heavy atom. The Morgan fingerprint density at radius 2 is 1.05 bits per heavy atom. The predicted molar refractivity (Wildman–Crippen MR) is 222 cm³/mol. The number of carbonyl (C=O) groups is 4. The highest BCUT2D eigenvalue weighted by molar-refractivity contribution is 6.03. The average Bonchev–Trinajstić information content (AvgIpc) is 4.10. The van der Waals surface area contributed by atoms with Crippen molar-refractivity contribution in [2.45, 2.75) is 62.7 Å². The van der Waals surface area contributed by atoms with Crippen molar-refractivity contribution in [2.75, 3.05) is 37.1 Å². The summed E-state index contributed by atoms with van der Waals surface area (Å²) < 4.78 is 18.6. The van der Waals surface area contributed by atoms with Crippen LogP contribution in [0, 0.1) is 0 Å². The van der Waals surface area contributed by atoms with Crippen molar-refractivity contribution < 1.29 is 28.7 Å². The molecule has 0 spiro atoms. The molecule has 0 fully saturated rings. The number of ether oxygens (including phenoxy) is 2. The lowest BCUT2D eigenvalue weighted by atomic mass is 10.0. The first kappa shape index (κ1) is 40.0. The lowest BCUT2D eigenvalue weighted by Crippen LogP contribution is -2.49. The maximum Gasteiger partial charge on any atom is 0.291 e. The molecule has 20 nitrogen and oxygen atoms in total. The Kier molecular flexibility index (Phi) is 10.7. The smallest absolute Gasteiger partial charge is 0.291 e. The van der Waals surface area contributed by atoms with Gasteiger partial charge in [0, 0.05) is 64.6 Å². The normalized spacial score (nSPS) is 20.5. The number of carbonyl (C=O) groups excluding carboxylic acids is 4. The molecule has 8 heterocycles. The van der Waals surface area contributed by atoms with Crippen LogP contribution in [0.3, 0.4) is 0 Å². The molecule has 0 radical (unpaired) electrons. The van der Waals surface area contributed by atoms with Crippen molar-refractivity contribution >= 4 is 35.0 Å². The molecule has 10 rings (SSSR count). The Balaban J connectivity index is 0.000000158. The summed E-state index contributed by atoms with van der Waals surface area (Å²) in [5, 5.41) is 22.9. The number of nitrogens with zero attached hydrogens (tertiary/aromatic N) is 12. The van der Waals surface area contributed by atoms with Gasteiger partial charge in [-0.1, -0.05) is 24.3 Å². The van der Waals surface area contributed by atoms with Crippen molar-refractivity contribution in [2.24, 2.45) is 14.1 Å². The summed E-state index contributed by atoms with van der Waals surface area (Å²) in [6, 6.07) is 12.9. The van der Waals surface area contributed by atoms with Crippen LogP contribution in [-0.4, -0.2) is 112 Å². The third kappa shape index (κ3) is 7.74. The lowest BCUT2D eigenvalue weighted by Gasteiger charge is -2.22. The number of aryl methyl sites for hydroxylation is 4. The van der Waals surface area contributed by atoms with E-state index in [0.29, 0.717) is 22.9 Å². The van der Waals surface area contributed by atoms with Crippen molar-refractivity contribution in [3.05, 3.63) is 108 Å². The minimum absolute atomic E-state index is 0.00465. The van der Waals surface area contributed by atoms with Crippen molar-refractivity contribution in [1.82, 2.24) is 59.7 Å². The summed E-state index contributed by atoms with van der Waals surface area (Å²) >= 11 is 0. The molecule has 2 N–H and O–H groups in total. The summed E-state index contributed by atoms with van der Waals surface area (Å²) in [6.45, 7) is 0.0790. The Labute approximate surface area is 355 Å². The maximum atomic E-state index is 12.9. The molecule has 6 aromatic rings. The largest absolute Gasteiger partial charge is 0.489 e. The van der Waals surface area contributed by atoms with Gasteiger partial charge in [-0.25, -0.2) is 19.3 Å². The molecule has 4 amide bonds. The van der Waals surface area contributed by atoms with E-state index in [4.69, 9.17) is 9.47 Å². The topological polar surface area (TPSA) is 214 Å². The molecule has 0 saturated heterocycles.